The summed E-state index contributed by atoms with van der Waals surface area (Å²) >= 11 is 0. The molecule has 92 valence electrons. The summed E-state index contributed by atoms with van der Waals surface area (Å²) in [6.07, 6.45) is 4.85. The van der Waals surface area contributed by atoms with Gasteiger partial charge in [-0.1, -0.05) is 33.6 Å². The van der Waals surface area contributed by atoms with Gasteiger partial charge in [-0.3, -0.25) is 4.79 Å². The molecule has 0 heterocycles. The second-order valence-electron chi connectivity index (χ2n) is 4.20. The quantitative estimate of drug-likeness (QED) is 0.661. The molecule has 0 aromatic rings. The van der Waals surface area contributed by atoms with Crippen molar-refractivity contribution in [3.63, 3.8) is 0 Å². The van der Waals surface area contributed by atoms with Crippen LogP contribution in [0.4, 0.5) is 0 Å². The van der Waals surface area contributed by atoms with E-state index in [1.165, 1.54) is 0 Å². The van der Waals surface area contributed by atoms with Crippen LogP contribution in [-0.4, -0.2) is 12.6 Å². The molecule has 0 rings (SSSR count). The fourth-order valence-corrected chi connectivity index (χ4v) is 1.80. The summed E-state index contributed by atoms with van der Waals surface area (Å²) in [5, 5.41) is 0. The Hall–Kier alpha value is -0.570. The zero-order valence-electron chi connectivity index (χ0n) is 10.8. The number of carbonyl (C=O) groups is 1. The number of carbonyl (C=O) groups excluding carboxylic acids is 1. The largest absolute Gasteiger partial charge is 0.465 e. The van der Waals surface area contributed by atoms with Crippen molar-refractivity contribution in [2.45, 2.75) is 59.8 Å². The van der Waals surface area contributed by atoms with Gasteiger partial charge in [-0.25, -0.2) is 0 Å². The first-order valence-electron chi connectivity index (χ1n) is 5.78. The van der Waals surface area contributed by atoms with E-state index in [1.54, 1.807) is 0 Å². The molecule has 0 aliphatic rings. The van der Waals surface area contributed by atoms with Crippen LogP contribution in [0.5, 0.6) is 0 Å². The highest BCUT2D eigenvalue weighted by Gasteiger charge is 2.32. The standard InChI is InChI=1S/C12H24O2.H3N/c1-5-8-12(4,9-6-2)11(13)14-10-7-3;/h5-10H2,1-4H3;1H3. The van der Waals surface area contributed by atoms with Gasteiger partial charge in [-0.05, 0) is 26.2 Å². The third-order valence-electron chi connectivity index (χ3n) is 2.53. The van der Waals surface area contributed by atoms with Crippen LogP contribution >= 0.6 is 0 Å². The van der Waals surface area contributed by atoms with Gasteiger partial charge in [0.1, 0.15) is 0 Å². The smallest absolute Gasteiger partial charge is 0.311 e. The topological polar surface area (TPSA) is 61.3 Å². The number of ether oxygens (including phenoxy) is 1. The molecule has 0 aliphatic carbocycles. The maximum absolute atomic E-state index is 11.8. The molecule has 0 radical (unpaired) electrons. The number of esters is 1. The first kappa shape index (κ1) is 16.8. The summed E-state index contributed by atoms with van der Waals surface area (Å²) in [5.74, 6) is -0.0111. The van der Waals surface area contributed by atoms with Crippen LogP contribution in [0.3, 0.4) is 0 Å². The zero-order valence-corrected chi connectivity index (χ0v) is 10.8. The molecule has 0 fully saturated rings. The molecule has 0 aromatic heterocycles. The fraction of sp³-hybridized carbons (Fsp3) is 0.917. The fourth-order valence-electron chi connectivity index (χ4n) is 1.80. The Morgan fingerprint density at radius 1 is 1.07 bits per heavy atom. The normalized spacial score (nSPS) is 10.7. The second kappa shape index (κ2) is 8.72. The van der Waals surface area contributed by atoms with Crippen LogP contribution in [0.25, 0.3) is 0 Å². The minimum atomic E-state index is -0.251. The maximum atomic E-state index is 11.8. The van der Waals surface area contributed by atoms with Crippen molar-refractivity contribution >= 4 is 5.97 Å². The Kier molecular flexibility index (Phi) is 9.79. The Morgan fingerprint density at radius 3 is 1.87 bits per heavy atom. The molecule has 0 unspecified atom stereocenters. The van der Waals surface area contributed by atoms with Gasteiger partial charge in [0.25, 0.3) is 0 Å². The van der Waals surface area contributed by atoms with Gasteiger partial charge >= 0.3 is 5.97 Å². The highest BCUT2D eigenvalue weighted by molar-refractivity contribution is 5.76. The van der Waals surface area contributed by atoms with Crippen molar-refractivity contribution in [1.82, 2.24) is 6.15 Å². The Bertz CT molecular complexity index is 163. The molecule has 0 amide bonds. The molecular formula is C12H27NO2. The Labute approximate surface area is 94.2 Å². The lowest BCUT2D eigenvalue weighted by molar-refractivity contribution is -0.156. The average Bonchev–Trinajstić information content (AvgIpc) is 2.15. The summed E-state index contributed by atoms with van der Waals surface area (Å²) in [5.41, 5.74) is -0.251. The summed E-state index contributed by atoms with van der Waals surface area (Å²) < 4.78 is 5.22. The molecule has 0 aliphatic heterocycles. The van der Waals surface area contributed by atoms with E-state index < -0.39 is 0 Å². The zero-order chi connectivity index (χ0) is 11.0. The predicted molar refractivity (Wildman–Crippen MR) is 64.2 cm³/mol. The van der Waals surface area contributed by atoms with Gasteiger partial charge in [0.2, 0.25) is 0 Å². The molecule has 15 heavy (non-hydrogen) atoms. The van der Waals surface area contributed by atoms with Crippen LogP contribution in [0, 0.1) is 5.41 Å². The first-order chi connectivity index (χ1) is 6.60. The van der Waals surface area contributed by atoms with Crippen LogP contribution in [0.15, 0.2) is 0 Å². The highest BCUT2D eigenvalue weighted by Crippen LogP contribution is 2.30. The van der Waals surface area contributed by atoms with E-state index in [9.17, 15) is 4.79 Å². The predicted octanol–water partition coefficient (Wildman–Crippen LogP) is 3.71. The summed E-state index contributed by atoms with van der Waals surface area (Å²) in [6, 6.07) is 0. The van der Waals surface area contributed by atoms with Gasteiger partial charge in [-0.2, -0.15) is 0 Å². The number of rotatable bonds is 7. The Balaban J connectivity index is 0. The summed E-state index contributed by atoms with van der Waals surface area (Å²) in [7, 11) is 0. The molecule has 3 N–H and O–H groups in total. The Morgan fingerprint density at radius 2 is 1.53 bits per heavy atom. The third-order valence-corrected chi connectivity index (χ3v) is 2.53. The number of hydrogen-bond acceptors (Lipinski definition) is 3. The van der Waals surface area contributed by atoms with Crippen molar-refractivity contribution in [1.29, 1.82) is 0 Å². The molecule has 0 spiro atoms. The minimum Gasteiger partial charge on any atom is -0.465 e. The molecule has 0 saturated heterocycles. The second-order valence-corrected chi connectivity index (χ2v) is 4.20. The third kappa shape index (κ3) is 5.78. The van der Waals surface area contributed by atoms with Crippen molar-refractivity contribution in [3.8, 4) is 0 Å². The average molecular weight is 217 g/mol. The minimum absolute atomic E-state index is 0. The van der Waals surface area contributed by atoms with E-state index in [2.05, 4.69) is 13.8 Å². The van der Waals surface area contributed by atoms with Crippen molar-refractivity contribution in [3.05, 3.63) is 0 Å². The van der Waals surface area contributed by atoms with Crippen LogP contribution < -0.4 is 6.15 Å². The lowest BCUT2D eigenvalue weighted by atomic mass is 9.81. The first-order valence-corrected chi connectivity index (χ1v) is 5.78. The lowest BCUT2D eigenvalue weighted by Crippen LogP contribution is -2.30. The van der Waals surface area contributed by atoms with E-state index in [0.29, 0.717) is 6.61 Å². The van der Waals surface area contributed by atoms with Crippen LogP contribution in [0.2, 0.25) is 0 Å². The molecule has 3 heteroatoms. The molecule has 3 nitrogen and oxygen atoms in total. The van der Waals surface area contributed by atoms with Gasteiger partial charge < -0.3 is 10.9 Å². The van der Waals surface area contributed by atoms with Gasteiger partial charge in [-0.15, -0.1) is 0 Å². The maximum Gasteiger partial charge on any atom is 0.311 e. The van der Waals surface area contributed by atoms with Gasteiger partial charge in [0.05, 0.1) is 12.0 Å². The van der Waals surface area contributed by atoms with E-state index in [0.717, 1.165) is 32.1 Å². The van der Waals surface area contributed by atoms with E-state index in [1.807, 2.05) is 13.8 Å². The van der Waals surface area contributed by atoms with E-state index >= 15 is 0 Å². The van der Waals surface area contributed by atoms with Crippen molar-refractivity contribution in [2.24, 2.45) is 5.41 Å². The molecular weight excluding hydrogens is 190 g/mol. The van der Waals surface area contributed by atoms with Gasteiger partial charge in [0, 0.05) is 0 Å². The van der Waals surface area contributed by atoms with Crippen molar-refractivity contribution < 1.29 is 9.53 Å². The van der Waals surface area contributed by atoms with Crippen LogP contribution in [0.1, 0.15) is 59.8 Å². The lowest BCUT2D eigenvalue weighted by Gasteiger charge is -2.26. The van der Waals surface area contributed by atoms with Crippen molar-refractivity contribution in [2.75, 3.05) is 6.61 Å². The summed E-state index contributed by atoms with van der Waals surface area (Å²) in [4.78, 5) is 11.8. The summed E-state index contributed by atoms with van der Waals surface area (Å²) in [6.45, 7) is 8.83. The van der Waals surface area contributed by atoms with E-state index in [4.69, 9.17) is 4.74 Å². The van der Waals surface area contributed by atoms with Gasteiger partial charge in [0.15, 0.2) is 0 Å². The van der Waals surface area contributed by atoms with E-state index in [-0.39, 0.29) is 17.5 Å². The molecule has 0 saturated carbocycles. The molecule has 0 bridgehead atoms. The SMILES string of the molecule is CCCOC(=O)C(C)(CCC)CCC.N. The van der Waals surface area contributed by atoms with Crippen LogP contribution in [-0.2, 0) is 9.53 Å². The number of hydrogen-bond donors (Lipinski definition) is 1. The highest BCUT2D eigenvalue weighted by atomic mass is 16.5. The molecule has 0 aromatic carbocycles. The molecule has 0 atom stereocenters. The monoisotopic (exact) mass is 217 g/mol.